The Kier molecular flexibility index (Phi) is 12.9. The van der Waals surface area contributed by atoms with Crippen LogP contribution in [0.25, 0.3) is 0 Å². The molecule has 27 heavy (non-hydrogen) atoms. The molecule has 2 aliphatic rings. The van der Waals surface area contributed by atoms with E-state index in [0.29, 0.717) is 18.1 Å². The number of guanidine groups is 1. The molecule has 2 aliphatic heterocycles. The second-order valence-corrected chi connectivity index (χ2v) is 7.77. The Morgan fingerprint density at radius 2 is 1.81 bits per heavy atom. The van der Waals surface area contributed by atoms with Gasteiger partial charge in [0.1, 0.15) is 0 Å². The van der Waals surface area contributed by atoms with Gasteiger partial charge in [-0.25, -0.2) is 0 Å². The number of aliphatic imine (C=N–C) groups is 1. The first kappa shape index (κ1) is 24.9. The minimum absolute atomic E-state index is 0. The highest BCUT2D eigenvalue weighted by atomic mass is 127. The van der Waals surface area contributed by atoms with E-state index in [4.69, 9.17) is 14.5 Å². The molecule has 2 heterocycles. The van der Waals surface area contributed by atoms with Gasteiger partial charge in [0.2, 0.25) is 0 Å². The zero-order valence-corrected chi connectivity index (χ0v) is 20.1. The van der Waals surface area contributed by atoms with Crippen molar-refractivity contribution >= 4 is 29.9 Å². The Morgan fingerprint density at radius 1 is 1.15 bits per heavy atom. The fraction of sp³-hybridized carbons (Fsp3) is 0.950. The third-order valence-electron chi connectivity index (χ3n) is 5.24. The fourth-order valence-electron chi connectivity index (χ4n) is 3.91. The summed E-state index contributed by atoms with van der Waals surface area (Å²) in [5, 5.41) is 3.50. The van der Waals surface area contributed by atoms with Gasteiger partial charge in [-0.05, 0) is 39.0 Å². The van der Waals surface area contributed by atoms with Crippen molar-refractivity contribution in [3.05, 3.63) is 0 Å². The van der Waals surface area contributed by atoms with Gasteiger partial charge in [0.15, 0.2) is 5.96 Å². The molecule has 160 valence electrons. The summed E-state index contributed by atoms with van der Waals surface area (Å²) in [7, 11) is 0. The van der Waals surface area contributed by atoms with E-state index in [9.17, 15) is 0 Å². The fourth-order valence-corrected chi connectivity index (χ4v) is 3.91. The molecular weight excluding hydrogens is 455 g/mol. The molecule has 6 nitrogen and oxygen atoms in total. The standard InChI is InChI=1S/C20H40N4O2.HI/c1-5-21-20(24-9-7-19(8-10-24)26-6-2)22-16-18(15-17(3)4)23-11-13-25-14-12-23;/h17-19H,5-16H2,1-4H3,(H,21,22);1H. The van der Waals surface area contributed by atoms with Crippen LogP contribution in [0.4, 0.5) is 0 Å². The molecule has 0 bridgehead atoms. The van der Waals surface area contributed by atoms with Crippen molar-refractivity contribution in [1.82, 2.24) is 15.1 Å². The average Bonchev–Trinajstić information content (AvgIpc) is 2.65. The highest BCUT2D eigenvalue weighted by molar-refractivity contribution is 14.0. The Morgan fingerprint density at radius 3 is 2.37 bits per heavy atom. The minimum atomic E-state index is 0. The van der Waals surface area contributed by atoms with Crippen LogP contribution >= 0.6 is 24.0 Å². The predicted octanol–water partition coefficient (Wildman–Crippen LogP) is 2.82. The van der Waals surface area contributed by atoms with Crippen LogP contribution in [0, 0.1) is 5.92 Å². The number of rotatable bonds is 8. The number of nitrogens with one attached hydrogen (secondary N) is 1. The molecule has 0 amide bonds. The van der Waals surface area contributed by atoms with E-state index in [1.807, 2.05) is 0 Å². The quantitative estimate of drug-likeness (QED) is 0.318. The number of hydrogen-bond acceptors (Lipinski definition) is 4. The number of morpholine rings is 1. The number of hydrogen-bond donors (Lipinski definition) is 1. The van der Waals surface area contributed by atoms with E-state index >= 15 is 0 Å². The number of nitrogens with zero attached hydrogens (tertiary/aromatic N) is 3. The van der Waals surface area contributed by atoms with Crippen molar-refractivity contribution in [3.63, 3.8) is 0 Å². The van der Waals surface area contributed by atoms with Crippen molar-refractivity contribution in [2.24, 2.45) is 10.9 Å². The lowest BCUT2D eigenvalue weighted by atomic mass is 10.0. The van der Waals surface area contributed by atoms with E-state index in [1.165, 1.54) is 6.42 Å². The number of likely N-dealkylation sites (tertiary alicyclic amines) is 1. The third-order valence-corrected chi connectivity index (χ3v) is 5.24. The maximum atomic E-state index is 5.79. The van der Waals surface area contributed by atoms with Crippen LogP contribution in [-0.2, 0) is 9.47 Å². The summed E-state index contributed by atoms with van der Waals surface area (Å²) < 4.78 is 11.3. The topological polar surface area (TPSA) is 49.3 Å². The van der Waals surface area contributed by atoms with E-state index in [1.54, 1.807) is 0 Å². The average molecular weight is 496 g/mol. The summed E-state index contributed by atoms with van der Waals surface area (Å²) >= 11 is 0. The SMILES string of the molecule is CCNC(=NCC(CC(C)C)N1CCOCC1)N1CCC(OCC)CC1.I. The van der Waals surface area contributed by atoms with Gasteiger partial charge in [-0.3, -0.25) is 9.89 Å². The van der Waals surface area contributed by atoms with Crippen LogP contribution in [0.2, 0.25) is 0 Å². The van der Waals surface area contributed by atoms with Crippen molar-refractivity contribution in [2.45, 2.75) is 59.1 Å². The monoisotopic (exact) mass is 496 g/mol. The molecule has 1 unspecified atom stereocenters. The van der Waals surface area contributed by atoms with Gasteiger partial charge in [0.25, 0.3) is 0 Å². The molecule has 0 saturated carbocycles. The molecule has 0 aromatic rings. The molecule has 0 aromatic heterocycles. The summed E-state index contributed by atoms with van der Waals surface area (Å²) in [4.78, 5) is 10.0. The molecule has 2 saturated heterocycles. The highest BCUT2D eigenvalue weighted by Crippen LogP contribution is 2.16. The van der Waals surface area contributed by atoms with Gasteiger partial charge >= 0.3 is 0 Å². The molecule has 0 aliphatic carbocycles. The summed E-state index contributed by atoms with van der Waals surface area (Å²) in [5.41, 5.74) is 0. The highest BCUT2D eigenvalue weighted by Gasteiger charge is 2.24. The molecule has 1 atom stereocenters. The lowest BCUT2D eigenvalue weighted by Crippen LogP contribution is -2.49. The molecule has 2 fully saturated rings. The molecular formula is C20H41IN4O2. The molecule has 0 spiro atoms. The van der Waals surface area contributed by atoms with Crippen LogP contribution in [-0.4, -0.2) is 87.0 Å². The predicted molar refractivity (Wildman–Crippen MR) is 123 cm³/mol. The van der Waals surface area contributed by atoms with Crippen molar-refractivity contribution in [2.75, 3.05) is 59.1 Å². The third kappa shape index (κ3) is 8.83. The van der Waals surface area contributed by atoms with E-state index in [0.717, 1.165) is 77.9 Å². The van der Waals surface area contributed by atoms with E-state index in [-0.39, 0.29) is 24.0 Å². The molecule has 0 radical (unpaired) electrons. The van der Waals surface area contributed by atoms with Gasteiger partial charge < -0.3 is 19.7 Å². The second kappa shape index (κ2) is 14.0. The summed E-state index contributed by atoms with van der Waals surface area (Å²) in [6.45, 7) is 17.3. The Balaban J connectivity index is 0.00000364. The first-order valence-corrected chi connectivity index (χ1v) is 10.6. The zero-order chi connectivity index (χ0) is 18.8. The van der Waals surface area contributed by atoms with Gasteiger partial charge in [-0.2, -0.15) is 0 Å². The summed E-state index contributed by atoms with van der Waals surface area (Å²) in [6.07, 6.45) is 3.80. The number of ether oxygens (including phenoxy) is 2. The maximum Gasteiger partial charge on any atom is 0.193 e. The Hall–Kier alpha value is -0.120. The summed E-state index contributed by atoms with van der Waals surface area (Å²) in [5.74, 6) is 1.76. The zero-order valence-electron chi connectivity index (χ0n) is 17.8. The van der Waals surface area contributed by atoms with Crippen molar-refractivity contribution in [1.29, 1.82) is 0 Å². The first-order chi connectivity index (χ1) is 12.6. The van der Waals surface area contributed by atoms with Gasteiger partial charge in [-0.15, -0.1) is 24.0 Å². The van der Waals surface area contributed by atoms with E-state index < -0.39 is 0 Å². The maximum absolute atomic E-state index is 5.79. The van der Waals surface area contributed by atoms with Crippen LogP contribution in [0.1, 0.15) is 47.0 Å². The first-order valence-electron chi connectivity index (χ1n) is 10.6. The lowest BCUT2D eigenvalue weighted by molar-refractivity contribution is 0.0140. The molecule has 2 rings (SSSR count). The van der Waals surface area contributed by atoms with Gasteiger partial charge in [0.05, 0.1) is 25.9 Å². The molecule has 1 N–H and O–H groups in total. The van der Waals surface area contributed by atoms with Crippen molar-refractivity contribution in [3.8, 4) is 0 Å². The van der Waals surface area contributed by atoms with E-state index in [2.05, 4.69) is 42.8 Å². The normalized spacial score (nSPS) is 21.2. The number of piperidine rings is 1. The van der Waals surface area contributed by atoms with Crippen LogP contribution in [0.3, 0.4) is 0 Å². The van der Waals surface area contributed by atoms with Crippen LogP contribution < -0.4 is 5.32 Å². The smallest absolute Gasteiger partial charge is 0.193 e. The summed E-state index contributed by atoms with van der Waals surface area (Å²) in [6, 6.07) is 0.508. The Labute approximate surface area is 183 Å². The minimum Gasteiger partial charge on any atom is -0.379 e. The second-order valence-electron chi connectivity index (χ2n) is 7.77. The van der Waals surface area contributed by atoms with Gasteiger partial charge in [-0.1, -0.05) is 13.8 Å². The van der Waals surface area contributed by atoms with Crippen molar-refractivity contribution < 1.29 is 9.47 Å². The number of halogens is 1. The molecule has 7 heteroatoms. The lowest BCUT2D eigenvalue weighted by Gasteiger charge is -2.36. The molecule has 0 aromatic carbocycles. The van der Waals surface area contributed by atoms with Gasteiger partial charge in [0, 0.05) is 45.4 Å². The van der Waals surface area contributed by atoms with Crippen LogP contribution in [0.15, 0.2) is 4.99 Å². The largest absolute Gasteiger partial charge is 0.379 e. The Bertz CT molecular complexity index is 409. The van der Waals surface area contributed by atoms with Crippen LogP contribution in [0.5, 0.6) is 0 Å².